The van der Waals surface area contributed by atoms with Crippen molar-refractivity contribution in [2.75, 3.05) is 7.05 Å². The van der Waals surface area contributed by atoms with Gasteiger partial charge in [-0.2, -0.15) is 12.7 Å². The van der Waals surface area contributed by atoms with E-state index in [-0.39, 0.29) is 18.1 Å². The van der Waals surface area contributed by atoms with E-state index in [9.17, 15) is 13.5 Å². The summed E-state index contributed by atoms with van der Waals surface area (Å²) < 4.78 is 32.6. The molecule has 6 heteroatoms. The molecule has 5 nitrogen and oxygen atoms in total. The van der Waals surface area contributed by atoms with Gasteiger partial charge in [0.2, 0.25) is 0 Å². The summed E-state index contributed by atoms with van der Waals surface area (Å²) in [6, 6.07) is 6.23. The van der Waals surface area contributed by atoms with Crippen molar-refractivity contribution in [1.82, 2.24) is 4.31 Å². The molecule has 5 atom stereocenters. The van der Waals surface area contributed by atoms with Crippen molar-refractivity contribution in [3.63, 3.8) is 0 Å². The van der Waals surface area contributed by atoms with E-state index in [1.54, 1.807) is 0 Å². The Balaban J connectivity index is 1.61. The Morgan fingerprint density at radius 2 is 2.07 bits per heavy atom. The zero-order valence-corrected chi connectivity index (χ0v) is 16.9. The fourth-order valence-electron chi connectivity index (χ4n) is 6.06. The molecule has 3 aliphatic carbocycles. The van der Waals surface area contributed by atoms with Gasteiger partial charge in [0, 0.05) is 19.0 Å². The van der Waals surface area contributed by atoms with E-state index < -0.39 is 10.3 Å². The van der Waals surface area contributed by atoms with Crippen LogP contribution < -0.4 is 0 Å². The van der Waals surface area contributed by atoms with Crippen LogP contribution in [0.4, 0.5) is 0 Å². The highest BCUT2D eigenvalue weighted by Gasteiger charge is 2.56. The number of benzene rings is 1. The molecule has 3 aliphatic rings. The Labute approximate surface area is 162 Å². The third-order valence-corrected chi connectivity index (χ3v) is 8.38. The van der Waals surface area contributed by atoms with Crippen LogP contribution in [0.5, 0.6) is 0 Å². The monoisotopic (exact) mass is 391 g/mol. The summed E-state index contributed by atoms with van der Waals surface area (Å²) in [5.74, 6) is 1.42. The summed E-state index contributed by atoms with van der Waals surface area (Å²) in [5, 5.41) is 10.6. The molecule has 2 fully saturated rings. The summed E-state index contributed by atoms with van der Waals surface area (Å²) >= 11 is 0. The second kappa shape index (κ2) is 6.41. The zero-order valence-electron chi connectivity index (χ0n) is 16.1. The van der Waals surface area contributed by atoms with Crippen molar-refractivity contribution >= 4 is 10.3 Å². The summed E-state index contributed by atoms with van der Waals surface area (Å²) in [6.45, 7) is 6.71. The molecule has 0 bridgehead atoms. The molecular weight excluding hydrogens is 362 g/mol. The molecule has 0 aromatic heterocycles. The number of aliphatic hydroxyl groups is 1. The van der Waals surface area contributed by atoms with E-state index in [4.69, 9.17) is 4.55 Å². The van der Waals surface area contributed by atoms with Crippen molar-refractivity contribution in [3.05, 3.63) is 47.0 Å². The SMILES string of the molecule is C=C1C[C@H](O)[C@@]2(C)CCC3c4ccc(CN(C)S(=O)(=O)O)cc4CCC3C12. The highest BCUT2D eigenvalue weighted by atomic mass is 32.2. The standard InChI is InChI=1S/C21H29NO4S/c1-13-10-19(23)21(2)9-8-17-16-6-4-14(12-22(3)27(24,25)26)11-15(16)5-7-18(17)20(13)21/h4,6,11,17-20,23H,1,5,7-10,12H2,2-3H3,(H,24,25,26)/t17?,18?,19-,20?,21+/m0/s1. The molecule has 1 aromatic rings. The van der Waals surface area contributed by atoms with E-state index in [1.165, 1.54) is 23.7 Å². The van der Waals surface area contributed by atoms with E-state index in [1.807, 2.05) is 6.07 Å². The van der Waals surface area contributed by atoms with Crippen LogP contribution in [0.15, 0.2) is 30.4 Å². The second-order valence-electron chi connectivity index (χ2n) is 8.98. The minimum atomic E-state index is -4.17. The lowest BCUT2D eigenvalue weighted by Gasteiger charge is -2.50. The van der Waals surface area contributed by atoms with E-state index in [0.717, 1.165) is 42.0 Å². The Kier molecular flexibility index (Phi) is 4.54. The van der Waals surface area contributed by atoms with Gasteiger partial charge in [-0.15, -0.1) is 0 Å². The van der Waals surface area contributed by atoms with Crippen LogP contribution in [-0.4, -0.2) is 35.5 Å². The van der Waals surface area contributed by atoms with Crippen LogP contribution in [0.2, 0.25) is 0 Å². The predicted molar refractivity (Wildman–Crippen MR) is 105 cm³/mol. The molecule has 0 spiro atoms. The topological polar surface area (TPSA) is 77.8 Å². The highest BCUT2D eigenvalue weighted by Crippen LogP contribution is 2.62. The molecule has 148 valence electrons. The van der Waals surface area contributed by atoms with Gasteiger partial charge in [0.15, 0.2) is 0 Å². The van der Waals surface area contributed by atoms with Crippen LogP contribution in [0.1, 0.15) is 55.2 Å². The van der Waals surface area contributed by atoms with Crippen LogP contribution in [-0.2, 0) is 23.3 Å². The molecule has 1 aromatic carbocycles. The summed E-state index contributed by atoms with van der Waals surface area (Å²) in [7, 11) is -2.79. The maximum absolute atomic E-state index is 11.3. The van der Waals surface area contributed by atoms with Crippen molar-refractivity contribution in [2.45, 2.75) is 57.6 Å². The maximum atomic E-state index is 11.3. The second-order valence-corrected chi connectivity index (χ2v) is 10.5. The lowest BCUT2D eigenvalue weighted by Crippen LogP contribution is -2.44. The van der Waals surface area contributed by atoms with Gasteiger partial charge in [-0.05, 0) is 66.5 Å². The average molecular weight is 392 g/mol. The summed E-state index contributed by atoms with van der Waals surface area (Å²) in [6.07, 6.45) is 4.62. The van der Waals surface area contributed by atoms with Gasteiger partial charge in [0.05, 0.1) is 6.10 Å². The number of aryl methyl sites for hydroxylation is 1. The lowest BCUT2D eigenvalue weighted by atomic mass is 9.55. The van der Waals surface area contributed by atoms with Gasteiger partial charge >= 0.3 is 10.3 Å². The maximum Gasteiger partial charge on any atom is 0.335 e. The van der Waals surface area contributed by atoms with Crippen LogP contribution in [0.3, 0.4) is 0 Å². The largest absolute Gasteiger partial charge is 0.392 e. The molecule has 2 N–H and O–H groups in total. The summed E-state index contributed by atoms with van der Waals surface area (Å²) in [4.78, 5) is 0. The Hall–Kier alpha value is -1.21. The molecule has 2 saturated carbocycles. The third kappa shape index (κ3) is 3.07. The third-order valence-electron chi connectivity index (χ3n) is 7.46. The van der Waals surface area contributed by atoms with Crippen molar-refractivity contribution in [3.8, 4) is 0 Å². The minimum Gasteiger partial charge on any atom is -0.392 e. The van der Waals surface area contributed by atoms with E-state index >= 15 is 0 Å². The van der Waals surface area contributed by atoms with E-state index in [2.05, 4.69) is 25.6 Å². The van der Waals surface area contributed by atoms with Crippen LogP contribution >= 0.6 is 0 Å². The molecule has 0 saturated heterocycles. The first-order valence-electron chi connectivity index (χ1n) is 9.77. The molecular formula is C21H29NO4S. The molecule has 3 unspecified atom stereocenters. The number of rotatable bonds is 3. The smallest absolute Gasteiger partial charge is 0.335 e. The zero-order chi connectivity index (χ0) is 19.6. The van der Waals surface area contributed by atoms with Gasteiger partial charge in [0.25, 0.3) is 0 Å². The molecule has 4 rings (SSSR count). The van der Waals surface area contributed by atoms with Crippen LogP contribution in [0, 0.1) is 17.3 Å². The number of fused-ring (bicyclic) bond motifs is 5. The first-order valence-corrected chi connectivity index (χ1v) is 11.2. The first kappa shape index (κ1) is 19.1. The van der Waals surface area contributed by atoms with E-state index in [0.29, 0.717) is 17.8 Å². The van der Waals surface area contributed by atoms with Gasteiger partial charge in [0.1, 0.15) is 0 Å². The molecule has 27 heavy (non-hydrogen) atoms. The van der Waals surface area contributed by atoms with Crippen molar-refractivity contribution in [2.24, 2.45) is 17.3 Å². The normalized spacial score (nSPS) is 35.7. The van der Waals surface area contributed by atoms with Crippen molar-refractivity contribution < 1.29 is 18.1 Å². The lowest BCUT2D eigenvalue weighted by molar-refractivity contribution is -0.0178. The van der Waals surface area contributed by atoms with Gasteiger partial charge in [-0.1, -0.05) is 37.3 Å². The number of hydrogen-bond donors (Lipinski definition) is 2. The Bertz CT molecular complexity index is 880. The number of aliphatic hydroxyl groups excluding tert-OH is 1. The molecule has 0 radical (unpaired) electrons. The quantitative estimate of drug-likeness (QED) is 0.612. The number of nitrogens with zero attached hydrogens (tertiary/aromatic N) is 1. The molecule has 0 aliphatic heterocycles. The predicted octanol–water partition coefficient (Wildman–Crippen LogP) is 3.30. The van der Waals surface area contributed by atoms with Gasteiger partial charge in [-0.3, -0.25) is 4.55 Å². The van der Waals surface area contributed by atoms with Crippen molar-refractivity contribution in [1.29, 1.82) is 0 Å². The minimum absolute atomic E-state index is 0.0338. The summed E-state index contributed by atoms with van der Waals surface area (Å²) in [5.41, 5.74) is 4.75. The fourth-order valence-corrected chi connectivity index (χ4v) is 6.37. The average Bonchev–Trinajstić information content (AvgIpc) is 2.82. The van der Waals surface area contributed by atoms with Crippen LogP contribution in [0.25, 0.3) is 0 Å². The number of hydrogen-bond acceptors (Lipinski definition) is 3. The highest BCUT2D eigenvalue weighted by molar-refractivity contribution is 7.83. The van der Waals surface area contributed by atoms with Gasteiger partial charge in [-0.25, -0.2) is 0 Å². The fraction of sp³-hybridized carbons (Fsp3) is 0.619. The Morgan fingerprint density at radius 3 is 2.78 bits per heavy atom. The molecule has 0 amide bonds. The van der Waals surface area contributed by atoms with Gasteiger partial charge < -0.3 is 5.11 Å². The Morgan fingerprint density at radius 1 is 1.33 bits per heavy atom. The first-order chi connectivity index (χ1) is 12.6. The molecule has 0 heterocycles.